The van der Waals surface area contributed by atoms with Gasteiger partial charge in [-0.2, -0.15) is 0 Å². The van der Waals surface area contributed by atoms with Crippen molar-refractivity contribution in [3.8, 4) is 11.8 Å². The Kier molecular flexibility index (Phi) is 4.48. The predicted octanol–water partition coefficient (Wildman–Crippen LogP) is 1.67. The van der Waals surface area contributed by atoms with Crippen molar-refractivity contribution in [2.24, 2.45) is 5.92 Å². The van der Waals surface area contributed by atoms with Crippen LogP contribution in [0.4, 0.5) is 0 Å². The Morgan fingerprint density at radius 3 is 2.57 bits per heavy atom. The number of rotatable bonds is 3. The summed E-state index contributed by atoms with van der Waals surface area (Å²) in [6.45, 7) is 2.25. The highest BCUT2D eigenvalue weighted by molar-refractivity contribution is 5.70. The summed E-state index contributed by atoms with van der Waals surface area (Å²) in [6, 6.07) is 0. The second kappa shape index (κ2) is 5.66. The van der Waals surface area contributed by atoms with E-state index in [2.05, 4.69) is 11.8 Å². The van der Waals surface area contributed by atoms with Crippen LogP contribution in [0.3, 0.4) is 0 Å². The standard InChI is InChI=1S/C11H16O3/c1-2-3-8-14-10-6-4-9(5-7-10)11(12)13/h9-10H,4-8H2,1H3,(H,12,13). The molecule has 1 aliphatic carbocycles. The number of carboxylic acids is 1. The summed E-state index contributed by atoms with van der Waals surface area (Å²) >= 11 is 0. The first-order valence-corrected chi connectivity index (χ1v) is 4.98. The van der Waals surface area contributed by atoms with E-state index >= 15 is 0 Å². The van der Waals surface area contributed by atoms with E-state index in [0.717, 1.165) is 25.7 Å². The molecule has 1 fully saturated rings. The quantitative estimate of drug-likeness (QED) is 0.698. The van der Waals surface area contributed by atoms with Crippen molar-refractivity contribution in [3.05, 3.63) is 0 Å². The Morgan fingerprint density at radius 1 is 1.43 bits per heavy atom. The fourth-order valence-electron chi connectivity index (χ4n) is 1.71. The lowest BCUT2D eigenvalue weighted by atomic mass is 9.87. The topological polar surface area (TPSA) is 46.5 Å². The maximum atomic E-state index is 10.7. The van der Waals surface area contributed by atoms with E-state index in [9.17, 15) is 4.79 Å². The van der Waals surface area contributed by atoms with Crippen molar-refractivity contribution in [2.45, 2.75) is 38.7 Å². The Hall–Kier alpha value is -1.01. The third kappa shape index (κ3) is 3.39. The van der Waals surface area contributed by atoms with E-state index in [1.54, 1.807) is 6.92 Å². The van der Waals surface area contributed by atoms with E-state index in [0.29, 0.717) is 6.61 Å². The number of carbonyl (C=O) groups is 1. The molecule has 0 aromatic carbocycles. The van der Waals surface area contributed by atoms with Crippen LogP contribution >= 0.6 is 0 Å². The molecule has 1 saturated carbocycles. The van der Waals surface area contributed by atoms with Gasteiger partial charge < -0.3 is 9.84 Å². The lowest BCUT2D eigenvalue weighted by Crippen LogP contribution is -2.26. The molecule has 0 atom stereocenters. The number of aliphatic carboxylic acids is 1. The van der Waals surface area contributed by atoms with E-state index < -0.39 is 5.97 Å². The van der Waals surface area contributed by atoms with Gasteiger partial charge in [-0.25, -0.2) is 0 Å². The van der Waals surface area contributed by atoms with Crippen LogP contribution in [0.15, 0.2) is 0 Å². The maximum Gasteiger partial charge on any atom is 0.306 e. The molecule has 0 aliphatic heterocycles. The SMILES string of the molecule is CC#CCOC1CCC(C(=O)O)CC1. The monoisotopic (exact) mass is 196 g/mol. The molecule has 1 rings (SSSR count). The van der Waals surface area contributed by atoms with Gasteiger partial charge in [0.15, 0.2) is 0 Å². The molecule has 14 heavy (non-hydrogen) atoms. The van der Waals surface area contributed by atoms with Crippen LogP contribution in [-0.2, 0) is 9.53 Å². The van der Waals surface area contributed by atoms with Gasteiger partial charge >= 0.3 is 5.97 Å². The number of carboxylic acid groups (broad SMARTS) is 1. The van der Waals surface area contributed by atoms with E-state index in [1.165, 1.54) is 0 Å². The Balaban J connectivity index is 2.21. The molecule has 0 unspecified atom stereocenters. The summed E-state index contributed by atoms with van der Waals surface area (Å²) in [4.78, 5) is 10.7. The van der Waals surface area contributed by atoms with Gasteiger partial charge in [-0.15, -0.1) is 5.92 Å². The van der Waals surface area contributed by atoms with Crippen LogP contribution < -0.4 is 0 Å². The van der Waals surface area contributed by atoms with Crippen LogP contribution in [0.2, 0.25) is 0 Å². The first kappa shape index (κ1) is 11.1. The molecular weight excluding hydrogens is 180 g/mol. The van der Waals surface area contributed by atoms with Gasteiger partial charge in [-0.05, 0) is 32.6 Å². The lowest BCUT2D eigenvalue weighted by Gasteiger charge is -2.25. The van der Waals surface area contributed by atoms with Crippen LogP contribution in [0.5, 0.6) is 0 Å². The average Bonchev–Trinajstić information content (AvgIpc) is 2.19. The third-order valence-corrected chi connectivity index (χ3v) is 2.59. The van der Waals surface area contributed by atoms with Crippen LogP contribution in [0, 0.1) is 17.8 Å². The van der Waals surface area contributed by atoms with Crippen molar-refractivity contribution < 1.29 is 14.6 Å². The average molecular weight is 196 g/mol. The normalized spacial score (nSPS) is 26.4. The molecule has 0 spiro atoms. The van der Waals surface area contributed by atoms with E-state index in [4.69, 9.17) is 9.84 Å². The molecule has 0 saturated heterocycles. The zero-order valence-corrected chi connectivity index (χ0v) is 8.45. The summed E-state index contributed by atoms with van der Waals surface area (Å²) in [6.07, 6.45) is 3.38. The number of ether oxygens (including phenoxy) is 1. The highest BCUT2D eigenvalue weighted by atomic mass is 16.5. The van der Waals surface area contributed by atoms with Gasteiger partial charge in [0.2, 0.25) is 0 Å². The van der Waals surface area contributed by atoms with Crippen molar-refractivity contribution in [1.82, 2.24) is 0 Å². The molecule has 0 amide bonds. The largest absolute Gasteiger partial charge is 0.481 e. The Morgan fingerprint density at radius 2 is 2.07 bits per heavy atom. The fourth-order valence-corrected chi connectivity index (χ4v) is 1.71. The van der Waals surface area contributed by atoms with Crippen molar-refractivity contribution in [3.63, 3.8) is 0 Å². The summed E-state index contributed by atoms with van der Waals surface area (Å²) in [5.74, 6) is 4.78. The molecule has 78 valence electrons. The predicted molar refractivity (Wildman–Crippen MR) is 52.8 cm³/mol. The van der Waals surface area contributed by atoms with Crippen LogP contribution in [-0.4, -0.2) is 23.8 Å². The molecule has 0 bridgehead atoms. The maximum absolute atomic E-state index is 10.7. The van der Waals surface area contributed by atoms with Crippen LogP contribution in [0.1, 0.15) is 32.6 Å². The highest BCUT2D eigenvalue weighted by Gasteiger charge is 2.25. The number of hydrogen-bond acceptors (Lipinski definition) is 2. The molecule has 1 N–H and O–H groups in total. The Bertz CT molecular complexity index is 241. The van der Waals surface area contributed by atoms with Gasteiger partial charge in [0.1, 0.15) is 6.61 Å². The molecule has 0 heterocycles. The zero-order valence-electron chi connectivity index (χ0n) is 8.45. The first-order valence-electron chi connectivity index (χ1n) is 4.98. The van der Waals surface area contributed by atoms with E-state index in [-0.39, 0.29) is 12.0 Å². The smallest absolute Gasteiger partial charge is 0.306 e. The second-order valence-corrected chi connectivity index (χ2v) is 3.55. The lowest BCUT2D eigenvalue weighted by molar-refractivity contribution is -0.143. The molecule has 0 radical (unpaired) electrons. The molecule has 0 aromatic heterocycles. The zero-order chi connectivity index (χ0) is 10.4. The minimum Gasteiger partial charge on any atom is -0.481 e. The second-order valence-electron chi connectivity index (χ2n) is 3.55. The van der Waals surface area contributed by atoms with Crippen molar-refractivity contribution in [2.75, 3.05) is 6.61 Å². The van der Waals surface area contributed by atoms with Gasteiger partial charge in [0.05, 0.1) is 12.0 Å². The van der Waals surface area contributed by atoms with Gasteiger partial charge in [0, 0.05) is 0 Å². The molecule has 3 nitrogen and oxygen atoms in total. The van der Waals surface area contributed by atoms with Crippen LogP contribution in [0.25, 0.3) is 0 Å². The number of hydrogen-bond donors (Lipinski definition) is 1. The highest BCUT2D eigenvalue weighted by Crippen LogP contribution is 2.26. The fraction of sp³-hybridized carbons (Fsp3) is 0.727. The van der Waals surface area contributed by atoms with Gasteiger partial charge in [0.25, 0.3) is 0 Å². The van der Waals surface area contributed by atoms with E-state index in [1.807, 2.05) is 0 Å². The summed E-state index contributed by atoms with van der Waals surface area (Å²) in [5.41, 5.74) is 0. The third-order valence-electron chi connectivity index (χ3n) is 2.59. The Labute approximate surface area is 84.5 Å². The minimum atomic E-state index is -0.670. The molecular formula is C11H16O3. The van der Waals surface area contributed by atoms with Crippen molar-refractivity contribution >= 4 is 5.97 Å². The molecule has 0 aromatic rings. The summed E-state index contributed by atoms with van der Waals surface area (Å²) in [5, 5.41) is 8.78. The molecule has 3 heteroatoms. The molecule has 1 aliphatic rings. The summed E-state index contributed by atoms with van der Waals surface area (Å²) < 4.78 is 5.48. The first-order chi connectivity index (χ1) is 6.74. The van der Waals surface area contributed by atoms with Gasteiger partial charge in [-0.3, -0.25) is 4.79 Å². The minimum absolute atomic E-state index is 0.160. The van der Waals surface area contributed by atoms with Crippen molar-refractivity contribution in [1.29, 1.82) is 0 Å². The van der Waals surface area contributed by atoms with Gasteiger partial charge in [-0.1, -0.05) is 5.92 Å². The summed E-state index contributed by atoms with van der Waals surface area (Å²) in [7, 11) is 0.